The molecule has 0 saturated heterocycles. The van der Waals surface area contributed by atoms with Crippen LogP contribution in [0.1, 0.15) is 32.3 Å². The molecule has 0 aromatic heterocycles. The zero-order valence-electron chi connectivity index (χ0n) is 11.1. The van der Waals surface area contributed by atoms with Gasteiger partial charge < -0.3 is 10.1 Å². The van der Waals surface area contributed by atoms with E-state index in [-0.39, 0.29) is 18.6 Å². The van der Waals surface area contributed by atoms with Crippen molar-refractivity contribution in [3.8, 4) is 11.8 Å². The SMILES string of the molecule is CCC(CC)NC(=O)COc1ccc(Br)cc1C#N. The number of carbonyl (C=O) groups excluding carboxylic acids is 1. The normalized spacial score (nSPS) is 10.1. The van der Waals surface area contributed by atoms with Gasteiger partial charge >= 0.3 is 0 Å². The van der Waals surface area contributed by atoms with E-state index < -0.39 is 0 Å². The van der Waals surface area contributed by atoms with Gasteiger partial charge in [0.15, 0.2) is 6.61 Å². The summed E-state index contributed by atoms with van der Waals surface area (Å²) in [6.45, 7) is 3.97. The van der Waals surface area contributed by atoms with Gasteiger partial charge in [-0.25, -0.2) is 0 Å². The van der Waals surface area contributed by atoms with Gasteiger partial charge in [0.2, 0.25) is 0 Å². The van der Waals surface area contributed by atoms with Crippen LogP contribution in [-0.2, 0) is 4.79 Å². The van der Waals surface area contributed by atoms with Crippen LogP contribution in [0.25, 0.3) is 0 Å². The number of ether oxygens (including phenoxy) is 1. The molecule has 5 heteroatoms. The van der Waals surface area contributed by atoms with Crippen molar-refractivity contribution in [2.24, 2.45) is 0 Å². The highest BCUT2D eigenvalue weighted by atomic mass is 79.9. The number of halogens is 1. The van der Waals surface area contributed by atoms with Crippen molar-refractivity contribution >= 4 is 21.8 Å². The van der Waals surface area contributed by atoms with Gasteiger partial charge in [0.1, 0.15) is 11.8 Å². The number of nitriles is 1. The number of hydrogen-bond donors (Lipinski definition) is 1. The first kappa shape index (κ1) is 15.5. The van der Waals surface area contributed by atoms with Crippen LogP contribution in [0.3, 0.4) is 0 Å². The molecule has 1 aromatic rings. The molecule has 4 nitrogen and oxygen atoms in total. The molecular weight excluding hydrogens is 308 g/mol. The molecule has 102 valence electrons. The Balaban J connectivity index is 2.58. The molecule has 0 bridgehead atoms. The van der Waals surface area contributed by atoms with Crippen molar-refractivity contribution in [3.63, 3.8) is 0 Å². The van der Waals surface area contributed by atoms with Crippen molar-refractivity contribution < 1.29 is 9.53 Å². The summed E-state index contributed by atoms with van der Waals surface area (Å²) in [7, 11) is 0. The van der Waals surface area contributed by atoms with Gasteiger partial charge in [0.25, 0.3) is 5.91 Å². The smallest absolute Gasteiger partial charge is 0.258 e. The molecule has 0 unspecified atom stereocenters. The van der Waals surface area contributed by atoms with E-state index in [1.165, 1.54) is 0 Å². The summed E-state index contributed by atoms with van der Waals surface area (Å²) in [5.41, 5.74) is 0.407. The second-order valence-corrected chi connectivity index (χ2v) is 5.04. The lowest BCUT2D eigenvalue weighted by Crippen LogP contribution is -2.37. The Bertz CT molecular complexity index is 479. The van der Waals surface area contributed by atoms with Gasteiger partial charge in [0, 0.05) is 10.5 Å². The number of rotatable bonds is 6. The number of benzene rings is 1. The van der Waals surface area contributed by atoms with E-state index in [1.807, 2.05) is 19.9 Å². The highest BCUT2D eigenvalue weighted by Crippen LogP contribution is 2.22. The third kappa shape index (κ3) is 4.92. The average Bonchev–Trinajstić information content (AvgIpc) is 2.43. The molecule has 19 heavy (non-hydrogen) atoms. The van der Waals surface area contributed by atoms with Crippen molar-refractivity contribution in [1.82, 2.24) is 5.32 Å². The number of nitrogens with zero attached hydrogens (tertiary/aromatic N) is 1. The van der Waals surface area contributed by atoms with Gasteiger partial charge in [-0.3, -0.25) is 4.79 Å². The number of amides is 1. The molecule has 0 saturated carbocycles. The molecule has 1 aromatic carbocycles. The first-order valence-corrected chi connectivity index (χ1v) is 7.01. The molecule has 0 aliphatic carbocycles. The van der Waals surface area contributed by atoms with E-state index in [1.54, 1.807) is 18.2 Å². The highest BCUT2D eigenvalue weighted by molar-refractivity contribution is 9.10. The maximum absolute atomic E-state index is 11.7. The molecule has 0 aliphatic rings. The van der Waals surface area contributed by atoms with Crippen LogP contribution < -0.4 is 10.1 Å². The van der Waals surface area contributed by atoms with Crippen molar-refractivity contribution in [3.05, 3.63) is 28.2 Å². The Kier molecular flexibility index (Phi) is 6.37. The third-order valence-electron chi connectivity index (χ3n) is 2.77. The van der Waals surface area contributed by atoms with E-state index in [0.29, 0.717) is 11.3 Å². The predicted molar refractivity (Wildman–Crippen MR) is 76.9 cm³/mol. The fraction of sp³-hybridized carbons (Fsp3) is 0.429. The maximum atomic E-state index is 11.7. The second-order valence-electron chi connectivity index (χ2n) is 4.12. The second kappa shape index (κ2) is 7.80. The zero-order valence-corrected chi connectivity index (χ0v) is 12.7. The summed E-state index contributed by atoms with van der Waals surface area (Å²) in [5.74, 6) is 0.255. The quantitative estimate of drug-likeness (QED) is 0.874. The van der Waals surface area contributed by atoms with Gasteiger partial charge in [-0.1, -0.05) is 29.8 Å². The molecule has 0 radical (unpaired) electrons. The Morgan fingerprint density at radius 1 is 1.47 bits per heavy atom. The van der Waals surface area contributed by atoms with Crippen LogP contribution in [0.2, 0.25) is 0 Å². The molecule has 0 aliphatic heterocycles. The monoisotopic (exact) mass is 324 g/mol. The first-order chi connectivity index (χ1) is 9.10. The van der Waals surface area contributed by atoms with E-state index in [9.17, 15) is 4.79 Å². The van der Waals surface area contributed by atoms with Crippen molar-refractivity contribution in [1.29, 1.82) is 5.26 Å². The van der Waals surface area contributed by atoms with Gasteiger partial charge in [-0.2, -0.15) is 5.26 Å². The highest BCUT2D eigenvalue weighted by Gasteiger charge is 2.10. The van der Waals surface area contributed by atoms with Crippen molar-refractivity contribution in [2.45, 2.75) is 32.7 Å². The van der Waals surface area contributed by atoms with E-state index in [2.05, 4.69) is 21.2 Å². The molecular formula is C14H17BrN2O2. The standard InChI is InChI=1S/C14H17BrN2O2/c1-3-12(4-2)17-14(18)9-19-13-6-5-11(15)7-10(13)8-16/h5-7,12H,3-4,9H2,1-2H3,(H,17,18). The van der Waals surface area contributed by atoms with Gasteiger partial charge in [-0.15, -0.1) is 0 Å². The van der Waals surface area contributed by atoms with Crippen LogP contribution in [0, 0.1) is 11.3 Å². The van der Waals surface area contributed by atoms with E-state index in [4.69, 9.17) is 10.00 Å². The zero-order chi connectivity index (χ0) is 14.3. The first-order valence-electron chi connectivity index (χ1n) is 6.22. The summed E-state index contributed by atoms with van der Waals surface area (Å²) in [6, 6.07) is 7.32. The van der Waals surface area contributed by atoms with Gasteiger partial charge in [-0.05, 0) is 31.0 Å². The fourth-order valence-corrected chi connectivity index (χ4v) is 1.98. The van der Waals surface area contributed by atoms with E-state index >= 15 is 0 Å². The number of hydrogen-bond acceptors (Lipinski definition) is 3. The summed E-state index contributed by atoms with van der Waals surface area (Å²) in [5, 5.41) is 11.9. The topological polar surface area (TPSA) is 62.1 Å². The lowest BCUT2D eigenvalue weighted by Gasteiger charge is -2.15. The Labute approximate surface area is 121 Å². The lowest BCUT2D eigenvalue weighted by atomic mass is 10.2. The van der Waals surface area contributed by atoms with E-state index in [0.717, 1.165) is 17.3 Å². The Morgan fingerprint density at radius 2 is 2.16 bits per heavy atom. The van der Waals surface area contributed by atoms with Crippen LogP contribution >= 0.6 is 15.9 Å². The van der Waals surface area contributed by atoms with Crippen LogP contribution in [0.5, 0.6) is 5.75 Å². The molecule has 0 fully saturated rings. The van der Waals surface area contributed by atoms with Gasteiger partial charge in [0.05, 0.1) is 5.56 Å². The predicted octanol–water partition coefficient (Wildman–Crippen LogP) is 3.00. The summed E-state index contributed by atoms with van der Waals surface area (Å²) < 4.78 is 6.18. The summed E-state index contributed by atoms with van der Waals surface area (Å²) >= 11 is 3.28. The van der Waals surface area contributed by atoms with Crippen LogP contribution in [-0.4, -0.2) is 18.6 Å². The minimum Gasteiger partial charge on any atom is -0.482 e. The van der Waals surface area contributed by atoms with Crippen LogP contribution in [0.15, 0.2) is 22.7 Å². The lowest BCUT2D eigenvalue weighted by molar-refractivity contribution is -0.123. The summed E-state index contributed by atoms with van der Waals surface area (Å²) in [6.07, 6.45) is 1.79. The molecule has 1 N–H and O–H groups in total. The van der Waals surface area contributed by atoms with Crippen LogP contribution in [0.4, 0.5) is 0 Å². The summed E-state index contributed by atoms with van der Waals surface area (Å²) in [4.78, 5) is 11.7. The average molecular weight is 325 g/mol. The van der Waals surface area contributed by atoms with Crippen molar-refractivity contribution in [2.75, 3.05) is 6.61 Å². The number of carbonyl (C=O) groups is 1. The molecule has 0 atom stereocenters. The molecule has 0 heterocycles. The fourth-order valence-electron chi connectivity index (χ4n) is 1.62. The minimum atomic E-state index is -0.166. The third-order valence-corrected chi connectivity index (χ3v) is 3.26. The molecule has 0 spiro atoms. The maximum Gasteiger partial charge on any atom is 0.258 e. The Morgan fingerprint density at radius 3 is 2.74 bits per heavy atom. The molecule has 1 amide bonds. The molecule has 1 rings (SSSR count). The number of nitrogens with one attached hydrogen (secondary N) is 1. The minimum absolute atomic E-state index is 0.0766. The Hall–Kier alpha value is -1.54. The largest absolute Gasteiger partial charge is 0.482 e.